The fourth-order valence-electron chi connectivity index (χ4n) is 5.39. The average Bonchev–Trinajstić information content (AvgIpc) is 3.15. The van der Waals surface area contributed by atoms with Crippen LogP contribution in [0.25, 0.3) is 17.3 Å². The quantitative estimate of drug-likeness (QED) is 0.438. The molecule has 2 amide bonds. The first-order chi connectivity index (χ1) is 18.2. The summed E-state index contributed by atoms with van der Waals surface area (Å²) >= 11 is 0. The maximum absolute atomic E-state index is 13.1. The smallest absolute Gasteiger partial charge is 0.246 e. The minimum atomic E-state index is -0.00417. The first-order valence-corrected chi connectivity index (χ1v) is 13.6. The third-order valence-electron chi connectivity index (χ3n) is 7.50. The van der Waals surface area contributed by atoms with E-state index in [-0.39, 0.29) is 11.8 Å². The van der Waals surface area contributed by atoms with Gasteiger partial charge < -0.3 is 9.80 Å². The van der Waals surface area contributed by atoms with Crippen molar-refractivity contribution in [3.63, 3.8) is 0 Å². The minimum absolute atomic E-state index is 0.00417. The van der Waals surface area contributed by atoms with Crippen molar-refractivity contribution in [2.24, 2.45) is 5.92 Å². The third kappa shape index (κ3) is 6.37. The second kappa shape index (κ2) is 12.0. The average molecular weight is 497 g/mol. The van der Waals surface area contributed by atoms with Gasteiger partial charge in [0.25, 0.3) is 0 Å². The lowest BCUT2D eigenvalue weighted by Crippen LogP contribution is -2.44. The lowest BCUT2D eigenvalue weighted by molar-refractivity contribution is -0.139. The summed E-state index contributed by atoms with van der Waals surface area (Å²) in [5.41, 5.74) is 3.98. The van der Waals surface area contributed by atoms with E-state index in [0.717, 1.165) is 55.6 Å². The van der Waals surface area contributed by atoms with Gasteiger partial charge in [-0.15, -0.1) is 0 Å². The molecule has 2 aliphatic heterocycles. The van der Waals surface area contributed by atoms with Crippen LogP contribution in [0.3, 0.4) is 0 Å². The van der Waals surface area contributed by atoms with Crippen LogP contribution in [-0.4, -0.2) is 57.6 Å². The zero-order valence-corrected chi connectivity index (χ0v) is 21.5. The van der Waals surface area contributed by atoms with Gasteiger partial charge in [-0.25, -0.2) is 0 Å². The number of likely N-dealkylation sites (tertiary alicyclic amines) is 2. The highest BCUT2D eigenvalue weighted by Crippen LogP contribution is 2.25. The molecule has 192 valence electrons. The largest absolute Gasteiger partial charge is 0.342 e. The van der Waals surface area contributed by atoms with Gasteiger partial charge in [0.15, 0.2) is 0 Å². The predicted octanol–water partition coefficient (Wildman–Crippen LogP) is 5.25. The van der Waals surface area contributed by atoms with Crippen molar-refractivity contribution in [3.8, 4) is 11.3 Å². The second-order valence-electron chi connectivity index (χ2n) is 10.2. The normalized spacial score (nSPS) is 17.2. The molecule has 0 aliphatic carbocycles. The van der Waals surface area contributed by atoms with E-state index in [2.05, 4.69) is 17.0 Å². The van der Waals surface area contributed by atoms with Crippen molar-refractivity contribution in [2.75, 3.05) is 26.2 Å². The van der Waals surface area contributed by atoms with Gasteiger partial charge in [0.1, 0.15) is 0 Å². The van der Waals surface area contributed by atoms with Crippen LogP contribution in [0.1, 0.15) is 49.7 Å². The van der Waals surface area contributed by atoms with Gasteiger partial charge in [-0.2, -0.15) is 5.10 Å². The summed E-state index contributed by atoms with van der Waals surface area (Å²) in [5, 5.41) is 4.84. The molecule has 6 heteroatoms. The summed E-state index contributed by atoms with van der Waals surface area (Å²) in [6, 6.07) is 20.3. The Labute approximate surface area is 219 Å². The molecule has 2 saturated heterocycles. The number of hydrogen-bond donors (Lipinski definition) is 0. The number of piperidine rings is 1. The van der Waals surface area contributed by atoms with Crippen molar-refractivity contribution in [1.29, 1.82) is 0 Å². The van der Waals surface area contributed by atoms with Crippen molar-refractivity contribution >= 4 is 17.9 Å². The Morgan fingerprint density at radius 2 is 1.46 bits per heavy atom. The number of benzene rings is 2. The predicted molar refractivity (Wildman–Crippen MR) is 147 cm³/mol. The van der Waals surface area contributed by atoms with Crippen LogP contribution >= 0.6 is 0 Å². The first kappa shape index (κ1) is 25.0. The summed E-state index contributed by atoms with van der Waals surface area (Å²) in [6.45, 7) is 3.71. The molecule has 0 unspecified atom stereocenters. The highest BCUT2D eigenvalue weighted by atomic mass is 16.2. The molecule has 2 aliphatic rings. The fraction of sp³-hybridized carbons (Fsp3) is 0.387. The molecular weight excluding hydrogens is 460 g/mol. The molecule has 1 aromatic heterocycles. The van der Waals surface area contributed by atoms with E-state index in [1.54, 1.807) is 6.08 Å². The van der Waals surface area contributed by atoms with Crippen molar-refractivity contribution in [1.82, 2.24) is 19.6 Å². The highest BCUT2D eigenvalue weighted by molar-refractivity contribution is 5.93. The van der Waals surface area contributed by atoms with Gasteiger partial charge >= 0.3 is 0 Å². The van der Waals surface area contributed by atoms with E-state index < -0.39 is 0 Å². The first-order valence-electron chi connectivity index (χ1n) is 13.6. The van der Waals surface area contributed by atoms with E-state index in [9.17, 15) is 9.59 Å². The monoisotopic (exact) mass is 496 g/mol. The van der Waals surface area contributed by atoms with Gasteiger partial charge in [0.2, 0.25) is 11.8 Å². The van der Waals surface area contributed by atoms with Gasteiger partial charge in [0, 0.05) is 55.5 Å². The second-order valence-corrected chi connectivity index (χ2v) is 10.2. The van der Waals surface area contributed by atoms with Crippen molar-refractivity contribution < 1.29 is 9.59 Å². The molecule has 0 N–H and O–H groups in total. The van der Waals surface area contributed by atoms with Crippen LogP contribution < -0.4 is 0 Å². The number of amides is 2. The number of hydrogen-bond acceptors (Lipinski definition) is 3. The Hall–Kier alpha value is -3.67. The summed E-state index contributed by atoms with van der Waals surface area (Å²) in [6.07, 6.45) is 11.7. The number of nitrogens with zero attached hydrogens (tertiary/aromatic N) is 4. The molecular formula is C31H36N4O2. The topological polar surface area (TPSA) is 58.4 Å². The molecule has 2 fully saturated rings. The maximum atomic E-state index is 13.1. The zero-order valence-electron chi connectivity index (χ0n) is 21.5. The molecule has 6 nitrogen and oxygen atoms in total. The van der Waals surface area contributed by atoms with Crippen molar-refractivity contribution in [2.45, 2.75) is 45.1 Å². The van der Waals surface area contributed by atoms with Gasteiger partial charge in [-0.05, 0) is 37.3 Å². The molecule has 3 aromatic rings. The summed E-state index contributed by atoms with van der Waals surface area (Å²) < 4.78 is 1.93. The minimum Gasteiger partial charge on any atom is -0.342 e. The zero-order chi connectivity index (χ0) is 25.5. The molecule has 0 bridgehead atoms. The SMILES string of the molecule is O=C(C=Cc1cn(Cc2ccccc2)nc1-c1ccccc1)N1CCC(C(=O)N2CCCCCC2)CC1. The Morgan fingerprint density at radius 1 is 0.811 bits per heavy atom. The van der Waals surface area contributed by atoms with Crippen LogP contribution in [0.2, 0.25) is 0 Å². The molecule has 0 radical (unpaired) electrons. The molecule has 3 heterocycles. The van der Waals surface area contributed by atoms with E-state index in [1.165, 1.54) is 18.4 Å². The molecule has 0 spiro atoms. The molecule has 5 rings (SSSR count). The molecule has 37 heavy (non-hydrogen) atoms. The Morgan fingerprint density at radius 3 is 2.14 bits per heavy atom. The van der Waals surface area contributed by atoms with Gasteiger partial charge in [0.05, 0.1) is 12.2 Å². The van der Waals surface area contributed by atoms with Crippen LogP contribution in [0.4, 0.5) is 0 Å². The van der Waals surface area contributed by atoms with E-state index >= 15 is 0 Å². The highest BCUT2D eigenvalue weighted by Gasteiger charge is 2.30. The number of rotatable bonds is 6. The molecule has 2 aromatic carbocycles. The Bertz CT molecular complexity index is 1200. The van der Waals surface area contributed by atoms with Crippen LogP contribution in [0.5, 0.6) is 0 Å². The van der Waals surface area contributed by atoms with Gasteiger partial charge in [-0.1, -0.05) is 73.5 Å². The summed E-state index contributed by atoms with van der Waals surface area (Å²) in [4.78, 5) is 30.0. The van der Waals surface area contributed by atoms with E-state index in [4.69, 9.17) is 5.10 Å². The van der Waals surface area contributed by atoms with Crippen LogP contribution in [-0.2, 0) is 16.1 Å². The summed E-state index contributed by atoms with van der Waals surface area (Å²) in [5.74, 6) is 0.338. The third-order valence-corrected chi connectivity index (χ3v) is 7.50. The number of carbonyl (C=O) groups is 2. The lowest BCUT2D eigenvalue weighted by Gasteiger charge is -2.33. The number of aromatic nitrogens is 2. The Balaban J connectivity index is 1.24. The lowest BCUT2D eigenvalue weighted by atomic mass is 9.95. The fourth-order valence-corrected chi connectivity index (χ4v) is 5.39. The standard InChI is InChI=1S/C31H36N4O2/c36-29(33-21-17-27(18-22-33)31(37)34-19-9-1-2-10-20-34)16-15-28-24-35(23-25-11-5-3-6-12-25)32-30(28)26-13-7-4-8-14-26/h3-8,11-16,24,27H,1-2,9-10,17-23H2. The maximum Gasteiger partial charge on any atom is 0.246 e. The molecule has 0 saturated carbocycles. The van der Waals surface area contributed by atoms with Crippen molar-refractivity contribution in [3.05, 3.63) is 84.1 Å². The van der Waals surface area contributed by atoms with E-state index in [0.29, 0.717) is 25.5 Å². The number of carbonyl (C=O) groups excluding carboxylic acids is 2. The molecule has 0 atom stereocenters. The van der Waals surface area contributed by atoms with Crippen LogP contribution in [0, 0.1) is 5.92 Å². The summed E-state index contributed by atoms with van der Waals surface area (Å²) in [7, 11) is 0. The Kier molecular flexibility index (Phi) is 8.14. The van der Waals surface area contributed by atoms with E-state index in [1.807, 2.05) is 70.4 Å². The van der Waals surface area contributed by atoms with Crippen LogP contribution in [0.15, 0.2) is 72.9 Å². The van der Waals surface area contributed by atoms with Gasteiger partial charge in [-0.3, -0.25) is 14.3 Å².